The van der Waals surface area contributed by atoms with Crippen molar-refractivity contribution in [3.05, 3.63) is 35.9 Å². The van der Waals surface area contributed by atoms with E-state index in [1.807, 2.05) is 18.2 Å². The zero-order chi connectivity index (χ0) is 13.1. The highest BCUT2D eigenvalue weighted by Crippen LogP contribution is 2.47. The minimum absolute atomic E-state index is 0.170. The maximum Gasteiger partial charge on any atom is 0.0717 e. The van der Waals surface area contributed by atoms with E-state index in [2.05, 4.69) is 12.1 Å². The largest absolute Gasteiger partial charge is 0.396 e. The Morgan fingerprint density at radius 2 is 2.05 bits per heavy atom. The van der Waals surface area contributed by atoms with Crippen LogP contribution >= 0.6 is 0 Å². The van der Waals surface area contributed by atoms with Crippen LogP contribution in [0.5, 0.6) is 0 Å². The number of aliphatic hydroxyl groups excluding tert-OH is 1. The zero-order valence-corrected chi connectivity index (χ0v) is 11.3. The van der Waals surface area contributed by atoms with Crippen LogP contribution in [0, 0.1) is 11.3 Å². The lowest BCUT2D eigenvalue weighted by Crippen LogP contribution is -2.40. The molecule has 19 heavy (non-hydrogen) atoms. The molecule has 1 saturated heterocycles. The Balaban J connectivity index is 1.57. The molecule has 0 radical (unpaired) electrons. The molecule has 1 aromatic rings. The average molecular weight is 262 g/mol. The summed E-state index contributed by atoms with van der Waals surface area (Å²) in [4.78, 5) is 0. The van der Waals surface area contributed by atoms with E-state index >= 15 is 0 Å². The lowest BCUT2D eigenvalue weighted by Gasteiger charge is -2.32. The summed E-state index contributed by atoms with van der Waals surface area (Å²) < 4.78 is 11.7. The number of hydrogen-bond acceptors (Lipinski definition) is 3. The van der Waals surface area contributed by atoms with Gasteiger partial charge >= 0.3 is 0 Å². The monoisotopic (exact) mass is 262 g/mol. The van der Waals surface area contributed by atoms with Crippen LogP contribution in [-0.2, 0) is 16.1 Å². The molecule has 2 atom stereocenters. The molecule has 1 heterocycles. The van der Waals surface area contributed by atoms with Gasteiger partial charge in [0.05, 0.1) is 25.9 Å². The molecule has 3 heteroatoms. The van der Waals surface area contributed by atoms with Gasteiger partial charge in [-0.3, -0.25) is 0 Å². The molecule has 1 aromatic carbocycles. The van der Waals surface area contributed by atoms with Crippen LogP contribution in [0.25, 0.3) is 0 Å². The predicted octanol–water partition coefficient (Wildman–Crippen LogP) is 2.38. The number of aliphatic hydroxyl groups is 1. The summed E-state index contributed by atoms with van der Waals surface area (Å²) in [6.45, 7) is 2.14. The lowest BCUT2D eigenvalue weighted by molar-refractivity contribution is -0.0565. The maximum atomic E-state index is 9.80. The fourth-order valence-electron chi connectivity index (χ4n) is 3.06. The van der Waals surface area contributed by atoms with Crippen molar-refractivity contribution in [3.63, 3.8) is 0 Å². The SMILES string of the molecule is OCC1(COCc2ccccc2)CCOC1C1CC1. The van der Waals surface area contributed by atoms with Crippen molar-refractivity contribution in [2.45, 2.75) is 32.0 Å². The molecule has 1 saturated carbocycles. The van der Waals surface area contributed by atoms with Gasteiger partial charge in [-0.2, -0.15) is 0 Å². The van der Waals surface area contributed by atoms with Gasteiger partial charge in [0.25, 0.3) is 0 Å². The first-order chi connectivity index (χ1) is 9.34. The van der Waals surface area contributed by atoms with Crippen molar-refractivity contribution < 1.29 is 14.6 Å². The van der Waals surface area contributed by atoms with Gasteiger partial charge in [-0.25, -0.2) is 0 Å². The van der Waals surface area contributed by atoms with E-state index in [4.69, 9.17) is 9.47 Å². The first-order valence-corrected chi connectivity index (χ1v) is 7.18. The van der Waals surface area contributed by atoms with E-state index in [1.165, 1.54) is 18.4 Å². The van der Waals surface area contributed by atoms with Crippen LogP contribution in [0.1, 0.15) is 24.8 Å². The standard InChI is InChI=1S/C16H22O3/c17-11-16(8-9-19-15(16)14-6-7-14)12-18-10-13-4-2-1-3-5-13/h1-5,14-15,17H,6-12H2. The van der Waals surface area contributed by atoms with Crippen molar-refractivity contribution in [1.29, 1.82) is 0 Å². The second-order valence-corrected chi connectivity index (χ2v) is 5.88. The minimum Gasteiger partial charge on any atom is -0.396 e. The van der Waals surface area contributed by atoms with Crippen LogP contribution in [0.2, 0.25) is 0 Å². The van der Waals surface area contributed by atoms with E-state index in [0.717, 1.165) is 13.0 Å². The highest BCUT2D eigenvalue weighted by atomic mass is 16.5. The van der Waals surface area contributed by atoms with Crippen molar-refractivity contribution >= 4 is 0 Å². The van der Waals surface area contributed by atoms with Crippen molar-refractivity contribution in [2.24, 2.45) is 11.3 Å². The van der Waals surface area contributed by atoms with Gasteiger partial charge in [-0.05, 0) is 30.7 Å². The van der Waals surface area contributed by atoms with Crippen LogP contribution in [-0.4, -0.2) is 31.0 Å². The Morgan fingerprint density at radius 3 is 2.74 bits per heavy atom. The van der Waals surface area contributed by atoms with Gasteiger partial charge in [0.1, 0.15) is 0 Å². The van der Waals surface area contributed by atoms with Gasteiger partial charge in [0.2, 0.25) is 0 Å². The summed E-state index contributed by atoms with van der Waals surface area (Å²) in [5.74, 6) is 0.648. The molecular weight excluding hydrogens is 240 g/mol. The molecule has 2 aliphatic rings. The first kappa shape index (κ1) is 13.1. The quantitative estimate of drug-likeness (QED) is 0.855. The fraction of sp³-hybridized carbons (Fsp3) is 0.625. The number of hydrogen-bond donors (Lipinski definition) is 1. The summed E-state index contributed by atoms with van der Waals surface area (Å²) in [7, 11) is 0. The Kier molecular flexibility index (Phi) is 3.87. The third kappa shape index (κ3) is 2.83. The molecule has 0 aromatic heterocycles. The average Bonchev–Trinajstić information content (AvgIpc) is 3.21. The molecular formula is C16H22O3. The Bertz CT molecular complexity index is 402. The second kappa shape index (κ2) is 5.61. The summed E-state index contributed by atoms with van der Waals surface area (Å²) in [5.41, 5.74) is 1.01. The van der Waals surface area contributed by atoms with Gasteiger partial charge in [0.15, 0.2) is 0 Å². The van der Waals surface area contributed by atoms with E-state index in [-0.39, 0.29) is 18.1 Å². The summed E-state index contributed by atoms with van der Waals surface area (Å²) in [6, 6.07) is 10.2. The number of benzene rings is 1. The summed E-state index contributed by atoms with van der Waals surface area (Å²) in [6.07, 6.45) is 3.60. The van der Waals surface area contributed by atoms with Crippen molar-refractivity contribution in [3.8, 4) is 0 Å². The Hall–Kier alpha value is -0.900. The summed E-state index contributed by atoms with van der Waals surface area (Å²) >= 11 is 0. The van der Waals surface area contributed by atoms with E-state index in [1.54, 1.807) is 0 Å². The van der Waals surface area contributed by atoms with Gasteiger partial charge in [0, 0.05) is 12.0 Å². The van der Waals surface area contributed by atoms with Gasteiger partial charge < -0.3 is 14.6 Å². The first-order valence-electron chi connectivity index (χ1n) is 7.18. The maximum absolute atomic E-state index is 9.80. The predicted molar refractivity (Wildman–Crippen MR) is 72.7 cm³/mol. The van der Waals surface area contributed by atoms with Crippen molar-refractivity contribution in [1.82, 2.24) is 0 Å². The third-order valence-corrected chi connectivity index (χ3v) is 4.37. The Labute approximate surface area is 114 Å². The van der Waals surface area contributed by atoms with Crippen LogP contribution in [0.4, 0.5) is 0 Å². The lowest BCUT2D eigenvalue weighted by atomic mass is 9.80. The molecule has 1 aliphatic carbocycles. The molecule has 3 rings (SSSR count). The highest BCUT2D eigenvalue weighted by Gasteiger charge is 2.50. The molecule has 2 unspecified atom stereocenters. The Morgan fingerprint density at radius 1 is 1.26 bits per heavy atom. The molecule has 0 amide bonds. The zero-order valence-electron chi connectivity index (χ0n) is 11.3. The number of ether oxygens (including phenoxy) is 2. The van der Waals surface area contributed by atoms with Crippen molar-refractivity contribution in [2.75, 3.05) is 19.8 Å². The van der Waals surface area contributed by atoms with E-state index in [0.29, 0.717) is 19.1 Å². The normalized spacial score (nSPS) is 30.7. The molecule has 1 aliphatic heterocycles. The molecule has 0 bridgehead atoms. The van der Waals surface area contributed by atoms with Crippen LogP contribution < -0.4 is 0 Å². The van der Waals surface area contributed by atoms with Crippen LogP contribution in [0.15, 0.2) is 30.3 Å². The molecule has 104 valence electrons. The highest BCUT2D eigenvalue weighted by molar-refractivity contribution is 5.13. The van der Waals surface area contributed by atoms with Crippen LogP contribution in [0.3, 0.4) is 0 Å². The third-order valence-electron chi connectivity index (χ3n) is 4.37. The second-order valence-electron chi connectivity index (χ2n) is 5.88. The topological polar surface area (TPSA) is 38.7 Å². The molecule has 1 N–H and O–H groups in total. The molecule has 0 spiro atoms. The molecule has 2 fully saturated rings. The van der Waals surface area contributed by atoms with E-state index in [9.17, 15) is 5.11 Å². The minimum atomic E-state index is -0.171. The van der Waals surface area contributed by atoms with Gasteiger partial charge in [-0.15, -0.1) is 0 Å². The van der Waals surface area contributed by atoms with E-state index < -0.39 is 0 Å². The smallest absolute Gasteiger partial charge is 0.0717 e. The molecule has 3 nitrogen and oxygen atoms in total. The summed E-state index contributed by atoms with van der Waals surface area (Å²) in [5, 5.41) is 9.80. The number of rotatable bonds is 6. The fourth-order valence-corrected chi connectivity index (χ4v) is 3.06. The van der Waals surface area contributed by atoms with Gasteiger partial charge in [-0.1, -0.05) is 30.3 Å².